The summed E-state index contributed by atoms with van der Waals surface area (Å²) in [5.41, 5.74) is 1.07. The fourth-order valence-corrected chi connectivity index (χ4v) is 4.92. The Hall–Kier alpha value is -0.650. The zero-order valence-corrected chi connectivity index (χ0v) is 14.4. The quantitative estimate of drug-likeness (QED) is 0.878. The Morgan fingerprint density at radius 1 is 1.48 bits per heavy atom. The fourth-order valence-electron chi connectivity index (χ4n) is 4.16. The van der Waals surface area contributed by atoms with Crippen molar-refractivity contribution in [3.05, 3.63) is 20.7 Å². The van der Waals surface area contributed by atoms with E-state index in [-0.39, 0.29) is 22.4 Å². The zero-order valence-electron chi connectivity index (χ0n) is 13.6. The minimum Gasteiger partial charge on any atom is -0.394 e. The van der Waals surface area contributed by atoms with E-state index in [1.807, 2.05) is 12.3 Å². The van der Waals surface area contributed by atoms with Gasteiger partial charge in [0, 0.05) is 29.7 Å². The molecule has 0 unspecified atom stereocenters. The van der Waals surface area contributed by atoms with Gasteiger partial charge < -0.3 is 15.0 Å². The van der Waals surface area contributed by atoms with Gasteiger partial charge in [-0.15, -0.1) is 0 Å². The molecule has 1 aliphatic rings. The fraction of sp³-hybridized carbons (Fsp3) is 0.812. The van der Waals surface area contributed by atoms with E-state index < -0.39 is 0 Å². The Morgan fingerprint density at radius 3 is 2.71 bits per heavy atom. The molecule has 0 radical (unpaired) electrons. The summed E-state index contributed by atoms with van der Waals surface area (Å²) in [4.78, 5) is 11.8. The van der Waals surface area contributed by atoms with Crippen molar-refractivity contribution in [3.8, 4) is 0 Å². The van der Waals surface area contributed by atoms with Gasteiger partial charge >= 0.3 is 4.87 Å². The molecule has 1 aliphatic carbocycles. The molecule has 5 heteroatoms. The van der Waals surface area contributed by atoms with Gasteiger partial charge in [0.1, 0.15) is 0 Å². The number of rotatable bonds is 5. The molecule has 21 heavy (non-hydrogen) atoms. The van der Waals surface area contributed by atoms with Gasteiger partial charge in [0.25, 0.3) is 0 Å². The Balaban J connectivity index is 2.01. The number of thiazole rings is 1. The molecule has 2 rings (SSSR count). The molecule has 1 aromatic rings. The van der Waals surface area contributed by atoms with Crippen molar-refractivity contribution in [2.45, 2.75) is 59.0 Å². The summed E-state index contributed by atoms with van der Waals surface area (Å²) in [5, 5.41) is 15.4. The molecule has 120 valence electrons. The van der Waals surface area contributed by atoms with Crippen LogP contribution in [-0.2, 0) is 6.54 Å². The maximum Gasteiger partial charge on any atom is 0.307 e. The highest BCUT2D eigenvalue weighted by atomic mass is 32.1. The Labute approximate surface area is 131 Å². The summed E-state index contributed by atoms with van der Waals surface area (Å²) in [6.45, 7) is 10.3. The largest absolute Gasteiger partial charge is 0.394 e. The van der Waals surface area contributed by atoms with E-state index in [1.165, 1.54) is 17.8 Å². The van der Waals surface area contributed by atoms with E-state index in [1.54, 1.807) is 4.57 Å². The Morgan fingerprint density at radius 2 is 2.19 bits per heavy atom. The Bertz CT molecular complexity index is 535. The lowest BCUT2D eigenvalue weighted by molar-refractivity contribution is 0.0360. The van der Waals surface area contributed by atoms with Crippen molar-refractivity contribution in [2.24, 2.45) is 11.3 Å². The van der Waals surface area contributed by atoms with Crippen molar-refractivity contribution < 1.29 is 5.11 Å². The zero-order chi connectivity index (χ0) is 15.7. The first-order valence-electron chi connectivity index (χ1n) is 7.78. The van der Waals surface area contributed by atoms with Crippen LogP contribution in [0.3, 0.4) is 0 Å². The van der Waals surface area contributed by atoms with Crippen molar-refractivity contribution in [1.29, 1.82) is 0 Å². The second-order valence-corrected chi connectivity index (χ2v) is 8.33. The van der Waals surface area contributed by atoms with Crippen LogP contribution in [0, 0.1) is 18.3 Å². The molecular weight excluding hydrogens is 284 g/mol. The van der Waals surface area contributed by atoms with Crippen LogP contribution in [0.2, 0.25) is 0 Å². The molecule has 0 aromatic carbocycles. The van der Waals surface area contributed by atoms with Crippen LogP contribution in [0.1, 0.15) is 45.7 Å². The molecule has 1 heterocycles. The van der Waals surface area contributed by atoms with Crippen LogP contribution in [0.5, 0.6) is 0 Å². The molecule has 0 saturated heterocycles. The predicted molar refractivity (Wildman–Crippen MR) is 87.9 cm³/mol. The number of hydrogen-bond donors (Lipinski definition) is 2. The number of nitrogens with zero attached hydrogens (tertiary/aromatic N) is 1. The van der Waals surface area contributed by atoms with E-state index in [0.717, 1.165) is 25.1 Å². The highest BCUT2D eigenvalue weighted by Gasteiger charge is 2.42. The average molecular weight is 312 g/mol. The predicted octanol–water partition coefficient (Wildman–Crippen LogP) is 2.39. The molecule has 0 aliphatic heterocycles. The van der Waals surface area contributed by atoms with Crippen LogP contribution in [0.25, 0.3) is 0 Å². The van der Waals surface area contributed by atoms with Crippen LogP contribution in [-0.4, -0.2) is 28.4 Å². The van der Waals surface area contributed by atoms with Crippen LogP contribution >= 0.6 is 11.3 Å². The molecule has 0 amide bonds. The van der Waals surface area contributed by atoms with Gasteiger partial charge in [-0.1, -0.05) is 32.1 Å². The van der Waals surface area contributed by atoms with Gasteiger partial charge in [-0.2, -0.15) is 0 Å². The first kappa shape index (κ1) is 16.7. The molecule has 1 fully saturated rings. The van der Waals surface area contributed by atoms with Crippen molar-refractivity contribution in [3.63, 3.8) is 0 Å². The lowest BCUT2D eigenvalue weighted by atomic mass is 9.64. The lowest BCUT2D eigenvalue weighted by Crippen LogP contribution is -2.56. The van der Waals surface area contributed by atoms with Gasteiger partial charge in [-0.3, -0.25) is 4.79 Å². The summed E-state index contributed by atoms with van der Waals surface area (Å²) >= 11 is 1.25. The van der Waals surface area contributed by atoms with Crippen LogP contribution in [0.15, 0.2) is 10.2 Å². The molecule has 0 spiro atoms. The first-order valence-corrected chi connectivity index (χ1v) is 8.66. The highest BCUT2D eigenvalue weighted by molar-refractivity contribution is 7.07. The summed E-state index contributed by atoms with van der Waals surface area (Å²) in [6.07, 6.45) is 3.20. The normalized spacial score (nSPS) is 28.7. The number of hydrogen-bond acceptors (Lipinski definition) is 4. The minimum atomic E-state index is -0.200. The summed E-state index contributed by atoms with van der Waals surface area (Å²) < 4.78 is 1.81. The van der Waals surface area contributed by atoms with E-state index in [0.29, 0.717) is 12.5 Å². The van der Waals surface area contributed by atoms with Crippen LogP contribution < -0.4 is 10.2 Å². The second kappa shape index (κ2) is 6.23. The van der Waals surface area contributed by atoms with Crippen molar-refractivity contribution in [1.82, 2.24) is 9.88 Å². The van der Waals surface area contributed by atoms with Crippen molar-refractivity contribution in [2.75, 3.05) is 13.2 Å². The summed E-state index contributed by atoms with van der Waals surface area (Å²) in [7, 11) is 0. The second-order valence-electron chi connectivity index (χ2n) is 7.51. The SMILES string of the molecule is Cc1csc(=O)n1CCN[C@]1(CO)C[C@@H](C)CC(C)(C)C1. The molecule has 1 aromatic heterocycles. The molecule has 1 saturated carbocycles. The number of nitrogens with one attached hydrogen (secondary N) is 1. The summed E-state index contributed by atoms with van der Waals surface area (Å²) in [6, 6.07) is 0. The summed E-state index contributed by atoms with van der Waals surface area (Å²) in [5.74, 6) is 0.610. The number of aliphatic hydroxyl groups excluding tert-OH is 1. The van der Waals surface area contributed by atoms with E-state index in [4.69, 9.17) is 0 Å². The van der Waals surface area contributed by atoms with Gasteiger partial charge in [0.05, 0.1) is 6.61 Å². The number of aromatic nitrogens is 1. The molecule has 0 bridgehead atoms. The van der Waals surface area contributed by atoms with E-state index in [9.17, 15) is 9.90 Å². The van der Waals surface area contributed by atoms with Crippen molar-refractivity contribution >= 4 is 11.3 Å². The maximum absolute atomic E-state index is 11.7. The lowest BCUT2D eigenvalue weighted by Gasteiger charge is -2.47. The van der Waals surface area contributed by atoms with Gasteiger partial charge in [-0.05, 0) is 37.5 Å². The first-order chi connectivity index (χ1) is 9.77. The van der Waals surface area contributed by atoms with E-state index in [2.05, 4.69) is 26.1 Å². The minimum absolute atomic E-state index is 0.102. The van der Waals surface area contributed by atoms with Gasteiger partial charge in [0.2, 0.25) is 0 Å². The molecule has 2 atom stereocenters. The molecular formula is C16H28N2O2S. The topological polar surface area (TPSA) is 54.3 Å². The third-order valence-corrected chi connectivity index (χ3v) is 5.45. The highest BCUT2D eigenvalue weighted by Crippen LogP contribution is 2.43. The molecule has 2 N–H and O–H groups in total. The Kier molecular flexibility index (Phi) is 4.96. The maximum atomic E-state index is 11.7. The third-order valence-electron chi connectivity index (χ3n) is 4.57. The third kappa shape index (κ3) is 3.96. The van der Waals surface area contributed by atoms with Gasteiger partial charge in [0.15, 0.2) is 0 Å². The number of aliphatic hydroxyl groups is 1. The standard InChI is InChI=1S/C16H28N2O2S/c1-12-7-15(3,4)10-16(8-12,11-19)17-5-6-18-13(2)9-21-14(18)20/h9,12,17,19H,5-8,10-11H2,1-4H3/t12-,16+/m0/s1. The molecule has 4 nitrogen and oxygen atoms in total. The van der Waals surface area contributed by atoms with E-state index >= 15 is 0 Å². The monoisotopic (exact) mass is 312 g/mol. The number of aryl methyl sites for hydroxylation is 1. The van der Waals surface area contributed by atoms with Gasteiger partial charge in [-0.25, -0.2) is 0 Å². The smallest absolute Gasteiger partial charge is 0.307 e. The van der Waals surface area contributed by atoms with Crippen LogP contribution in [0.4, 0.5) is 0 Å². The average Bonchev–Trinajstić information content (AvgIpc) is 2.68.